The molecule has 1 atom stereocenters. The fraction of sp³-hybridized carbons (Fsp3) is 0.217. The number of nitrogen functional groups attached to an aromatic ring is 1. The lowest BCUT2D eigenvalue weighted by Crippen LogP contribution is -2.71. The highest BCUT2D eigenvalue weighted by Crippen LogP contribution is 2.54. The minimum Gasteiger partial charge on any atom is -0.398 e. The molecule has 12 heteroatoms. The van der Waals surface area contributed by atoms with Gasteiger partial charge in [0.1, 0.15) is 18.3 Å². The summed E-state index contributed by atoms with van der Waals surface area (Å²) in [5.41, 5.74) is 4.89. The Kier molecular flexibility index (Phi) is 7.38. The molecule has 2 heterocycles. The number of anilines is 1. The van der Waals surface area contributed by atoms with Crippen LogP contribution in [0, 0.1) is 5.92 Å². The Labute approximate surface area is 206 Å². The summed E-state index contributed by atoms with van der Waals surface area (Å²) in [5.74, 6) is -2.68. The number of Topliss-reactive ketones (excluding diaryl/α,β-unsaturated/α-hetero) is 1. The smallest absolute Gasteiger partial charge is 0.363 e. The lowest BCUT2D eigenvalue weighted by Gasteiger charge is -2.55. The number of hydrogen-bond donors (Lipinski definition) is 2. The Morgan fingerprint density at radius 2 is 1.71 bits per heavy atom. The van der Waals surface area contributed by atoms with Gasteiger partial charge in [-0.05, 0) is 11.1 Å². The Morgan fingerprint density at radius 3 is 2.14 bits per heavy atom. The molecule has 1 aliphatic heterocycles. The standard InChI is InChI=1S/C22H20N4O6S2.CH4/c1-32-25-19(17-13-33-21(23)24-17)18(27)12-16-20(28)26(34(29,30)31)22(16,14-8-4-2-5-9-14)15-10-6-3-7-11-15;/h2-11,13,16H,12H2,1H3,(H2,23,24)(H,29,30,31);1H4/b25-19-;. The van der Waals surface area contributed by atoms with Gasteiger partial charge in [0.2, 0.25) is 5.91 Å². The topological polar surface area (TPSA) is 152 Å². The monoisotopic (exact) mass is 516 g/mol. The van der Waals surface area contributed by atoms with Gasteiger partial charge in [-0.25, -0.2) is 9.29 Å². The van der Waals surface area contributed by atoms with Gasteiger partial charge in [0, 0.05) is 11.8 Å². The van der Waals surface area contributed by atoms with E-state index in [1.807, 2.05) is 0 Å². The molecule has 1 saturated heterocycles. The zero-order valence-electron chi connectivity index (χ0n) is 17.9. The van der Waals surface area contributed by atoms with E-state index in [1.54, 1.807) is 60.7 Å². The van der Waals surface area contributed by atoms with E-state index in [4.69, 9.17) is 10.6 Å². The lowest BCUT2D eigenvalue weighted by atomic mass is 9.64. The van der Waals surface area contributed by atoms with Crippen molar-refractivity contribution in [2.45, 2.75) is 19.4 Å². The molecule has 0 bridgehead atoms. The maximum atomic E-state index is 13.3. The van der Waals surface area contributed by atoms with Crippen molar-refractivity contribution in [1.82, 2.24) is 9.29 Å². The van der Waals surface area contributed by atoms with E-state index >= 15 is 0 Å². The number of nitrogens with zero attached hydrogens (tertiary/aromatic N) is 3. The van der Waals surface area contributed by atoms with Crippen molar-refractivity contribution in [2.75, 3.05) is 12.8 Å². The molecule has 0 saturated carbocycles. The van der Waals surface area contributed by atoms with Crippen molar-refractivity contribution >= 4 is 44.2 Å². The number of ketones is 1. The van der Waals surface area contributed by atoms with Gasteiger partial charge in [0.15, 0.2) is 16.6 Å². The van der Waals surface area contributed by atoms with E-state index < -0.39 is 39.9 Å². The molecule has 0 radical (unpaired) electrons. The van der Waals surface area contributed by atoms with Crippen LogP contribution in [0.5, 0.6) is 0 Å². The Hall–Kier alpha value is -3.61. The molecule has 1 unspecified atom stereocenters. The van der Waals surface area contributed by atoms with Crippen LogP contribution < -0.4 is 5.73 Å². The number of carbonyl (C=O) groups is 2. The number of amides is 1. The molecule has 0 aliphatic carbocycles. The fourth-order valence-corrected chi connectivity index (χ4v) is 5.90. The van der Waals surface area contributed by atoms with Crippen molar-refractivity contribution in [3.8, 4) is 0 Å². The summed E-state index contributed by atoms with van der Waals surface area (Å²) < 4.78 is 35.2. The molecule has 3 aromatic rings. The molecule has 184 valence electrons. The second-order valence-electron chi connectivity index (χ2n) is 7.45. The van der Waals surface area contributed by atoms with Crippen molar-refractivity contribution < 1.29 is 27.4 Å². The van der Waals surface area contributed by atoms with Crippen LogP contribution in [0.25, 0.3) is 0 Å². The van der Waals surface area contributed by atoms with Crippen LogP contribution in [-0.4, -0.2) is 46.8 Å². The van der Waals surface area contributed by atoms with E-state index in [0.717, 1.165) is 11.3 Å². The van der Waals surface area contributed by atoms with Gasteiger partial charge in [0.25, 0.3) is 0 Å². The second-order valence-corrected chi connectivity index (χ2v) is 9.60. The van der Waals surface area contributed by atoms with E-state index in [-0.39, 0.29) is 24.0 Å². The Bertz CT molecular complexity index is 1320. The number of carbonyl (C=O) groups excluding carboxylic acids is 2. The van der Waals surface area contributed by atoms with Crippen LogP contribution in [0.15, 0.2) is 71.2 Å². The average molecular weight is 517 g/mol. The SMILES string of the molecule is C.CO/N=C(\C(=O)CC1C(=O)N(S(=O)(=O)O)C1(c1ccccc1)c1ccccc1)c1csc(N)n1. The minimum atomic E-state index is -4.98. The first-order valence-electron chi connectivity index (χ1n) is 9.99. The lowest BCUT2D eigenvalue weighted by molar-refractivity contribution is -0.157. The molecule has 10 nitrogen and oxygen atoms in total. The predicted octanol–water partition coefficient (Wildman–Crippen LogP) is 2.88. The maximum Gasteiger partial charge on any atom is 0.363 e. The molecule has 4 rings (SSSR count). The van der Waals surface area contributed by atoms with Crippen LogP contribution >= 0.6 is 11.3 Å². The minimum absolute atomic E-state index is 0. The molecule has 1 fully saturated rings. The number of benzene rings is 2. The first kappa shape index (κ1) is 26.0. The van der Waals surface area contributed by atoms with E-state index in [0.29, 0.717) is 15.4 Å². The van der Waals surface area contributed by atoms with Crippen molar-refractivity contribution in [3.05, 3.63) is 82.9 Å². The zero-order valence-corrected chi connectivity index (χ0v) is 19.5. The normalized spacial score (nSPS) is 17.3. The van der Waals surface area contributed by atoms with Crippen LogP contribution in [0.3, 0.4) is 0 Å². The summed E-state index contributed by atoms with van der Waals surface area (Å²) >= 11 is 1.10. The van der Waals surface area contributed by atoms with Gasteiger partial charge in [-0.15, -0.1) is 11.3 Å². The summed E-state index contributed by atoms with van der Waals surface area (Å²) in [6.45, 7) is 0. The van der Waals surface area contributed by atoms with Crippen LogP contribution in [0.4, 0.5) is 5.13 Å². The largest absolute Gasteiger partial charge is 0.398 e. The van der Waals surface area contributed by atoms with E-state index in [9.17, 15) is 22.6 Å². The third kappa shape index (κ3) is 4.43. The van der Waals surface area contributed by atoms with Crippen LogP contribution in [0.2, 0.25) is 0 Å². The highest BCUT2D eigenvalue weighted by Gasteiger charge is 2.66. The average Bonchev–Trinajstić information content (AvgIpc) is 3.24. The van der Waals surface area contributed by atoms with E-state index in [1.165, 1.54) is 12.5 Å². The molecule has 3 N–H and O–H groups in total. The number of nitrogens with two attached hydrogens (primary N) is 1. The Morgan fingerprint density at radius 1 is 1.17 bits per heavy atom. The second kappa shape index (κ2) is 9.94. The third-order valence-corrected chi connectivity index (χ3v) is 7.19. The maximum absolute atomic E-state index is 13.3. The Balaban J connectivity index is 0.00000342. The first-order chi connectivity index (χ1) is 16.2. The molecule has 1 aliphatic rings. The summed E-state index contributed by atoms with van der Waals surface area (Å²) in [7, 11) is -3.72. The van der Waals surface area contributed by atoms with Gasteiger partial charge >= 0.3 is 10.3 Å². The summed E-state index contributed by atoms with van der Waals surface area (Å²) in [5, 5.41) is 5.51. The summed E-state index contributed by atoms with van der Waals surface area (Å²) in [4.78, 5) is 35.4. The van der Waals surface area contributed by atoms with Crippen LogP contribution in [-0.2, 0) is 30.3 Å². The first-order valence-corrected chi connectivity index (χ1v) is 12.3. The molecular weight excluding hydrogens is 492 g/mol. The third-order valence-electron chi connectivity index (χ3n) is 5.58. The molecule has 1 amide bonds. The van der Waals surface area contributed by atoms with Gasteiger partial charge < -0.3 is 10.6 Å². The van der Waals surface area contributed by atoms with E-state index in [2.05, 4.69) is 10.1 Å². The quantitative estimate of drug-likeness (QED) is 0.201. The zero-order chi connectivity index (χ0) is 24.5. The molecule has 1 aromatic heterocycles. The molecule has 35 heavy (non-hydrogen) atoms. The predicted molar refractivity (Wildman–Crippen MR) is 132 cm³/mol. The molecular formula is C23H24N4O6S2. The number of β-lactam (4-membered cyclic amide) rings is 1. The van der Waals surface area contributed by atoms with Gasteiger partial charge in [-0.3, -0.25) is 14.1 Å². The van der Waals surface area contributed by atoms with Gasteiger partial charge in [-0.2, -0.15) is 8.42 Å². The summed E-state index contributed by atoms with van der Waals surface area (Å²) in [6, 6.07) is 16.7. The van der Waals surface area contributed by atoms with Gasteiger partial charge in [-0.1, -0.05) is 73.2 Å². The number of hydrogen-bond acceptors (Lipinski definition) is 9. The number of oxime groups is 1. The molecule has 0 spiro atoms. The highest BCUT2D eigenvalue weighted by atomic mass is 32.2. The number of rotatable bonds is 8. The highest BCUT2D eigenvalue weighted by molar-refractivity contribution is 7.84. The molecule has 2 aromatic carbocycles. The summed E-state index contributed by atoms with van der Waals surface area (Å²) in [6.07, 6.45) is -0.422. The van der Waals surface area contributed by atoms with Crippen molar-refractivity contribution in [1.29, 1.82) is 0 Å². The van der Waals surface area contributed by atoms with Gasteiger partial charge in [0.05, 0.1) is 5.92 Å². The fourth-order valence-electron chi connectivity index (χ4n) is 4.30. The van der Waals surface area contributed by atoms with Crippen molar-refractivity contribution in [2.24, 2.45) is 11.1 Å². The van der Waals surface area contributed by atoms with Crippen LogP contribution in [0.1, 0.15) is 30.7 Å². The van der Waals surface area contributed by atoms with Crippen molar-refractivity contribution in [3.63, 3.8) is 0 Å². The number of aromatic nitrogens is 1. The number of thiazole rings is 1.